The summed E-state index contributed by atoms with van der Waals surface area (Å²) in [7, 11) is -2.22. The van der Waals surface area contributed by atoms with Crippen LogP contribution in [0, 0.1) is 6.92 Å². The molecule has 0 spiro atoms. The van der Waals surface area contributed by atoms with E-state index >= 15 is 0 Å². The van der Waals surface area contributed by atoms with Crippen LogP contribution in [0.25, 0.3) is 0 Å². The highest BCUT2D eigenvalue weighted by Gasteiger charge is 2.18. The van der Waals surface area contributed by atoms with E-state index in [-0.39, 0.29) is 18.9 Å². The van der Waals surface area contributed by atoms with Crippen molar-refractivity contribution in [3.8, 4) is 0 Å². The Morgan fingerprint density at radius 1 is 1.04 bits per heavy atom. The fraction of sp³-hybridized carbons (Fsp3) is 0.263. The molecule has 7 nitrogen and oxygen atoms in total. The molecule has 0 saturated carbocycles. The van der Waals surface area contributed by atoms with Gasteiger partial charge in [-0.2, -0.15) is 0 Å². The van der Waals surface area contributed by atoms with Crippen LogP contribution in [0.2, 0.25) is 0 Å². The Hall–Kier alpha value is -2.87. The van der Waals surface area contributed by atoms with E-state index in [4.69, 9.17) is 0 Å². The van der Waals surface area contributed by atoms with Crippen molar-refractivity contribution in [1.82, 2.24) is 0 Å². The van der Waals surface area contributed by atoms with E-state index in [2.05, 4.69) is 10.1 Å². The van der Waals surface area contributed by atoms with Crippen molar-refractivity contribution < 1.29 is 22.7 Å². The topological polar surface area (TPSA) is 92.8 Å². The van der Waals surface area contributed by atoms with Gasteiger partial charge in [-0.15, -0.1) is 0 Å². The van der Waals surface area contributed by atoms with Gasteiger partial charge in [0.05, 0.1) is 24.6 Å². The largest absolute Gasteiger partial charge is 0.465 e. The minimum absolute atomic E-state index is 0.0142. The number of amides is 1. The Labute approximate surface area is 159 Å². The van der Waals surface area contributed by atoms with Crippen molar-refractivity contribution in [2.45, 2.75) is 13.3 Å². The van der Waals surface area contributed by atoms with Crippen LogP contribution in [0.4, 0.5) is 11.4 Å². The van der Waals surface area contributed by atoms with Crippen LogP contribution in [0.15, 0.2) is 48.5 Å². The lowest BCUT2D eigenvalue weighted by Gasteiger charge is -2.22. The molecule has 2 aromatic rings. The highest BCUT2D eigenvalue weighted by Crippen LogP contribution is 2.19. The van der Waals surface area contributed by atoms with Gasteiger partial charge in [-0.3, -0.25) is 9.10 Å². The van der Waals surface area contributed by atoms with E-state index in [1.807, 2.05) is 19.1 Å². The molecule has 0 radical (unpaired) electrons. The third-order valence-corrected chi connectivity index (χ3v) is 5.05. The average molecular weight is 390 g/mol. The predicted molar refractivity (Wildman–Crippen MR) is 104 cm³/mol. The number of carbonyl (C=O) groups is 2. The lowest BCUT2D eigenvalue weighted by atomic mass is 10.2. The SMILES string of the molecule is COC(=O)c1ccc(NC(=O)CCN(c2ccc(C)cc2)S(C)(=O)=O)cc1. The lowest BCUT2D eigenvalue weighted by Crippen LogP contribution is -2.33. The molecule has 144 valence electrons. The van der Waals surface area contributed by atoms with Crippen LogP contribution in [0.3, 0.4) is 0 Å². The fourth-order valence-corrected chi connectivity index (χ4v) is 3.36. The minimum Gasteiger partial charge on any atom is -0.465 e. The molecule has 0 fully saturated rings. The quantitative estimate of drug-likeness (QED) is 0.734. The molecule has 0 heterocycles. The van der Waals surface area contributed by atoms with E-state index in [9.17, 15) is 18.0 Å². The van der Waals surface area contributed by atoms with Crippen LogP contribution < -0.4 is 9.62 Å². The molecule has 8 heteroatoms. The van der Waals surface area contributed by atoms with E-state index in [0.717, 1.165) is 11.8 Å². The van der Waals surface area contributed by atoms with Crippen molar-refractivity contribution in [1.29, 1.82) is 0 Å². The first kappa shape index (κ1) is 20.4. The smallest absolute Gasteiger partial charge is 0.337 e. The van der Waals surface area contributed by atoms with Crippen LogP contribution in [-0.4, -0.2) is 40.2 Å². The van der Waals surface area contributed by atoms with Crippen molar-refractivity contribution in [2.75, 3.05) is 29.5 Å². The second-order valence-corrected chi connectivity index (χ2v) is 7.94. The van der Waals surface area contributed by atoms with Crippen molar-refractivity contribution >= 4 is 33.3 Å². The molecule has 2 rings (SSSR count). The molecular weight excluding hydrogens is 368 g/mol. The summed E-state index contributed by atoms with van der Waals surface area (Å²) in [5, 5.41) is 2.68. The molecule has 1 amide bonds. The summed E-state index contributed by atoms with van der Waals surface area (Å²) in [6.07, 6.45) is 1.09. The van der Waals surface area contributed by atoms with Gasteiger partial charge in [0, 0.05) is 18.7 Å². The minimum atomic E-state index is -3.52. The average Bonchev–Trinajstić information content (AvgIpc) is 2.62. The van der Waals surface area contributed by atoms with Gasteiger partial charge in [0.2, 0.25) is 15.9 Å². The first-order chi connectivity index (χ1) is 12.7. The molecule has 0 atom stereocenters. The van der Waals surface area contributed by atoms with Crippen LogP contribution in [0.5, 0.6) is 0 Å². The number of ether oxygens (including phenoxy) is 1. The van der Waals surface area contributed by atoms with Gasteiger partial charge in [0.25, 0.3) is 0 Å². The zero-order chi connectivity index (χ0) is 20.0. The molecule has 27 heavy (non-hydrogen) atoms. The summed E-state index contributed by atoms with van der Waals surface area (Å²) < 4.78 is 30.0. The lowest BCUT2D eigenvalue weighted by molar-refractivity contribution is -0.116. The number of methoxy groups -OCH3 is 1. The number of hydrogen-bond acceptors (Lipinski definition) is 5. The monoisotopic (exact) mass is 390 g/mol. The maximum Gasteiger partial charge on any atom is 0.337 e. The first-order valence-corrected chi connectivity index (χ1v) is 10.1. The van der Waals surface area contributed by atoms with Crippen LogP contribution >= 0.6 is 0 Å². The number of anilines is 2. The molecule has 0 saturated heterocycles. The Bertz CT molecular complexity index is 906. The normalized spacial score (nSPS) is 10.9. The first-order valence-electron chi connectivity index (χ1n) is 8.23. The van der Waals surface area contributed by atoms with E-state index in [0.29, 0.717) is 16.9 Å². The summed E-state index contributed by atoms with van der Waals surface area (Å²) in [5.74, 6) is -0.795. The number of hydrogen-bond donors (Lipinski definition) is 1. The van der Waals surface area contributed by atoms with Gasteiger partial charge in [-0.05, 0) is 43.3 Å². The fourth-order valence-electron chi connectivity index (χ4n) is 2.43. The number of aryl methyl sites for hydroxylation is 1. The number of nitrogens with zero attached hydrogens (tertiary/aromatic N) is 1. The Morgan fingerprint density at radius 2 is 1.63 bits per heavy atom. The molecule has 0 aliphatic carbocycles. The number of carbonyl (C=O) groups excluding carboxylic acids is 2. The third kappa shape index (κ3) is 5.82. The third-order valence-electron chi connectivity index (χ3n) is 3.85. The second kappa shape index (κ2) is 8.68. The predicted octanol–water partition coefficient (Wildman–Crippen LogP) is 2.58. The molecule has 0 unspecified atom stereocenters. The van der Waals surface area contributed by atoms with Gasteiger partial charge in [-0.1, -0.05) is 17.7 Å². The molecular formula is C19H22N2O5S. The van der Waals surface area contributed by atoms with E-state index in [1.54, 1.807) is 24.3 Å². The van der Waals surface area contributed by atoms with E-state index < -0.39 is 16.0 Å². The standard InChI is InChI=1S/C19H22N2O5S/c1-14-4-10-17(11-5-14)21(27(3,24)25)13-12-18(22)20-16-8-6-15(7-9-16)19(23)26-2/h4-11H,12-13H2,1-3H3,(H,20,22). The second-order valence-electron chi connectivity index (χ2n) is 6.04. The number of sulfonamides is 1. The van der Waals surface area contributed by atoms with Gasteiger partial charge in [0.1, 0.15) is 0 Å². The summed E-state index contributed by atoms with van der Waals surface area (Å²) in [6, 6.07) is 13.3. The summed E-state index contributed by atoms with van der Waals surface area (Å²) in [4.78, 5) is 23.6. The Balaban J connectivity index is 2.01. The summed E-state index contributed by atoms with van der Waals surface area (Å²) >= 11 is 0. The Kier molecular flexibility index (Phi) is 6.57. The molecule has 0 aliphatic heterocycles. The van der Waals surface area contributed by atoms with Gasteiger partial charge >= 0.3 is 5.97 Å². The molecule has 0 bridgehead atoms. The Morgan fingerprint density at radius 3 is 2.15 bits per heavy atom. The maximum atomic E-state index is 12.2. The van der Waals surface area contributed by atoms with Gasteiger partial charge in [-0.25, -0.2) is 13.2 Å². The number of benzene rings is 2. The molecule has 0 aliphatic rings. The maximum absolute atomic E-state index is 12.2. The number of esters is 1. The molecule has 2 aromatic carbocycles. The summed E-state index contributed by atoms with van der Waals surface area (Å²) in [6.45, 7) is 1.93. The zero-order valence-electron chi connectivity index (χ0n) is 15.4. The van der Waals surface area contributed by atoms with Gasteiger partial charge in [0.15, 0.2) is 0 Å². The van der Waals surface area contributed by atoms with Crippen molar-refractivity contribution in [2.24, 2.45) is 0 Å². The van der Waals surface area contributed by atoms with Crippen LogP contribution in [0.1, 0.15) is 22.3 Å². The van der Waals surface area contributed by atoms with Gasteiger partial charge < -0.3 is 10.1 Å². The molecule has 0 aromatic heterocycles. The van der Waals surface area contributed by atoms with E-state index in [1.165, 1.54) is 23.5 Å². The zero-order valence-corrected chi connectivity index (χ0v) is 16.2. The van der Waals surface area contributed by atoms with Crippen molar-refractivity contribution in [3.05, 3.63) is 59.7 Å². The highest BCUT2D eigenvalue weighted by atomic mass is 32.2. The summed E-state index contributed by atoms with van der Waals surface area (Å²) in [5.41, 5.74) is 2.41. The molecule has 1 N–H and O–H groups in total. The number of rotatable bonds is 7. The van der Waals surface area contributed by atoms with Crippen LogP contribution in [-0.2, 0) is 19.6 Å². The number of nitrogens with one attached hydrogen (secondary N) is 1. The highest BCUT2D eigenvalue weighted by molar-refractivity contribution is 7.92. The van der Waals surface area contributed by atoms with Crippen molar-refractivity contribution in [3.63, 3.8) is 0 Å².